The maximum absolute atomic E-state index is 5.14. The first kappa shape index (κ1) is 24.1. The highest BCUT2D eigenvalue weighted by Gasteiger charge is 2.26. The molecule has 2 nitrogen and oxygen atoms in total. The van der Waals surface area contributed by atoms with Crippen LogP contribution in [0.1, 0.15) is 32.2 Å². The van der Waals surface area contributed by atoms with Crippen molar-refractivity contribution in [2.24, 2.45) is 0 Å². The van der Waals surface area contributed by atoms with E-state index in [1.54, 1.807) is 0 Å². The predicted molar refractivity (Wildman–Crippen MR) is 161 cm³/mol. The number of hydrogen-bond donors (Lipinski definition) is 0. The number of aromatic nitrogens is 1. The van der Waals surface area contributed by atoms with E-state index in [1.165, 1.54) is 53.0 Å². The second kappa shape index (κ2) is 9.81. The first-order valence-electron chi connectivity index (χ1n) is 11.8. The number of anilines is 1. The lowest BCUT2D eigenvalue weighted by molar-refractivity contribution is 1.01. The predicted octanol–water partition coefficient (Wildman–Crippen LogP) is 9.84. The zero-order valence-corrected chi connectivity index (χ0v) is 23.4. The maximum atomic E-state index is 5.14. The molecule has 0 fully saturated rings. The van der Waals surface area contributed by atoms with E-state index in [0.29, 0.717) is 0 Å². The molecule has 0 bridgehead atoms. The molecule has 176 valence electrons. The van der Waals surface area contributed by atoms with Crippen LogP contribution in [0.25, 0.3) is 37.3 Å². The van der Waals surface area contributed by atoms with Gasteiger partial charge in [0, 0.05) is 22.2 Å². The van der Waals surface area contributed by atoms with Crippen LogP contribution in [0, 0.1) is 0 Å². The summed E-state index contributed by atoms with van der Waals surface area (Å²) in [5.74, 6) is 0. The largest absolute Gasteiger partial charge is 0.335 e. The number of halogens is 1. The normalized spacial score (nSPS) is 15.1. The van der Waals surface area contributed by atoms with E-state index in [2.05, 4.69) is 105 Å². The highest BCUT2D eigenvalue weighted by Crippen LogP contribution is 2.50. The summed E-state index contributed by atoms with van der Waals surface area (Å²) in [5, 5.41) is 7.54. The van der Waals surface area contributed by atoms with E-state index < -0.39 is 0 Å². The Morgan fingerprint density at radius 3 is 2.31 bits per heavy atom. The highest BCUT2D eigenvalue weighted by atomic mass is 79.9. The van der Waals surface area contributed by atoms with Gasteiger partial charge in [0.05, 0.1) is 20.9 Å². The smallest absolute Gasteiger partial charge is 0.120 e. The molecule has 5 aromatic rings. The SMILES string of the molecule is Br.CCC(=C(C)C=C1Sc2ccc3ccccc3c2N1CC)c1nc2c(ccc3ccccc32)s1. The molecule has 0 saturated heterocycles. The van der Waals surface area contributed by atoms with Crippen molar-refractivity contribution in [3.05, 3.63) is 94.5 Å². The first-order valence-corrected chi connectivity index (χ1v) is 13.5. The van der Waals surface area contributed by atoms with E-state index in [-0.39, 0.29) is 17.0 Å². The number of thiazole rings is 1. The summed E-state index contributed by atoms with van der Waals surface area (Å²) in [7, 11) is 0. The van der Waals surface area contributed by atoms with Crippen LogP contribution in [0.4, 0.5) is 5.69 Å². The molecule has 2 heterocycles. The molecule has 0 amide bonds. The number of fused-ring (bicyclic) bond motifs is 6. The summed E-state index contributed by atoms with van der Waals surface area (Å²) in [6, 6.07) is 26.2. The summed E-state index contributed by atoms with van der Waals surface area (Å²) in [6.07, 6.45) is 3.33. The average molecular weight is 560 g/mol. The van der Waals surface area contributed by atoms with Gasteiger partial charge < -0.3 is 4.90 Å². The molecule has 5 heteroatoms. The van der Waals surface area contributed by atoms with Gasteiger partial charge in [-0.15, -0.1) is 28.3 Å². The molecule has 0 atom stereocenters. The Morgan fingerprint density at radius 2 is 1.57 bits per heavy atom. The Hall–Kier alpha value is -2.60. The van der Waals surface area contributed by atoms with Crippen LogP contribution in [0.2, 0.25) is 0 Å². The van der Waals surface area contributed by atoms with Gasteiger partial charge >= 0.3 is 0 Å². The minimum Gasteiger partial charge on any atom is -0.335 e. The Morgan fingerprint density at radius 1 is 0.886 bits per heavy atom. The monoisotopic (exact) mass is 558 g/mol. The molecule has 0 unspecified atom stereocenters. The van der Waals surface area contributed by atoms with Crippen molar-refractivity contribution < 1.29 is 0 Å². The minimum atomic E-state index is 0. The zero-order chi connectivity index (χ0) is 23.2. The van der Waals surface area contributed by atoms with Gasteiger partial charge in [0.2, 0.25) is 0 Å². The maximum Gasteiger partial charge on any atom is 0.120 e. The lowest BCUT2D eigenvalue weighted by Crippen LogP contribution is -2.17. The molecule has 0 spiro atoms. The summed E-state index contributed by atoms with van der Waals surface area (Å²) >= 11 is 3.69. The van der Waals surface area contributed by atoms with E-state index >= 15 is 0 Å². The molecule has 1 aromatic heterocycles. The summed E-state index contributed by atoms with van der Waals surface area (Å²) in [4.78, 5) is 8.94. The van der Waals surface area contributed by atoms with E-state index in [4.69, 9.17) is 4.98 Å². The number of hydrogen-bond acceptors (Lipinski definition) is 4. The number of allylic oxidation sites excluding steroid dienone is 3. The number of thioether (sulfide) groups is 1. The molecule has 0 radical (unpaired) electrons. The fourth-order valence-corrected chi connectivity index (χ4v) is 7.36. The standard InChI is InChI=1S/C30H26N2S2.BrH/c1-4-22(30-31-28-23-12-8-6-10-20(23)14-16-25(28)34-30)19(3)18-27-32(5-2)29-24-13-9-7-11-21(24)15-17-26(29)33-27;/h6-18H,4-5H2,1-3H3;1H. The third-order valence-corrected chi connectivity index (χ3v) is 8.82. The molecule has 0 aliphatic carbocycles. The van der Waals surface area contributed by atoms with Crippen molar-refractivity contribution in [2.75, 3.05) is 11.4 Å². The van der Waals surface area contributed by atoms with Crippen LogP contribution < -0.4 is 4.90 Å². The molecule has 1 aliphatic heterocycles. The topological polar surface area (TPSA) is 16.1 Å². The number of nitrogens with zero attached hydrogens (tertiary/aromatic N) is 2. The Bertz CT molecular complexity index is 1630. The molecular formula is C30H27BrN2S2. The van der Waals surface area contributed by atoms with Gasteiger partial charge in [0.25, 0.3) is 0 Å². The third kappa shape index (κ3) is 4.10. The number of rotatable bonds is 4. The van der Waals surface area contributed by atoms with E-state index in [1.807, 2.05) is 23.1 Å². The Balaban J connectivity index is 0.00000253. The van der Waals surface area contributed by atoms with Crippen molar-refractivity contribution >= 4 is 83.1 Å². The van der Waals surface area contributed by atoms with Crippen LogP contribution in [0.3, 0.4) is 0 Å². The summed E-state index contributed by atoms with van der Waals surface area (Å²) < 4.78 is 1.25. The molecular weight excluding hydrogens is 532 g/mol. The molecule has 35 heavy (non-hydrogen) atoms. The van der Waals surface area contributed by atoms with E-state index in [0.717, 1.165) is 23.5 Å². The fraction of sp³-hybridized carbons (Fsp3) is 0.167. The van der Waals surface area contributed by atoms with Gasteiger partial charge in [-0.3, -0.25) is 0 Å². The third-order valence-electron chi connectivity index (χ3n) is 6.64. The minimum absolute atomic E-state index is 0. The van der Waals surface area contributed by atoms with Crippen LogP contribution >= 0.6 is 40.1 Å². The van der Waals surface area contributed by atoms with Crippen LogP contribution in [-0.4, -0.2) is 11.5 Å². The fourth-order valence-electron chi connectivity index (χ4n) is 4.96. The zero-order valence-electron chi connectivity index (χ0n) is 20.0. The van der Waals surface area contributed by atoms with Crippen molar-refractivity contribution in [1.82, 2.24) is 4.98 Å². The van der Waals surface area contributed by atoms with E-state index in [9.17, 15) is 0 Å². The van der Waals surface area contributed by atoms with Gasteiger partial charge in [-0.05, 0) is 60.4 Å². The van der Waals surface area contributed by atoms with Gasteiger partial charge in [-0.25, -0.2) is 4.98 Å². The van der Waals surface area contributed by atoms with Gasteiger partial charge in [-0.1, -0.05) is 79.3 Å². The molecule has 0 N–H and O–H groups in total. The highest BCUT2D eigenvalue weighted by molar-refractivity contribution is 8.93. The number of benzene rings is 4. The Kier molecular flexibility index (Phi) is 6.75. The lowest BCUT2D eigenvalue weighted by Gasteiger charge is -2.20. The van der Waals surface area contributed by atoms with Crippen LogP contribution in [-0.2, 0) is 0 Å². The van der Waals surface area contributed by atoms with Crippen molar-refractivity contribution in [3.63, 3.8) is 0 Å². The quantitative estimate of drug-likeness (QED) is 0.218. The molecule has 1 aliphatic rings. The average Bonchev–Trinajstić information content (AvgIpc) is 3.45. The lowest BCUT2D eigenvalue weighted by atomic mass is 10.1. The molecule has 0 saturated carbocycles. The molecule has 6 rings (SSSR count). The van der Waals surface area contributed by atoms with Crippen molar-refractivity contribution in [3.8, 4) is 0 Å². The summed E-state index contributed by atoms with van der Waals surface area (Å²) in [6.45, 7) is 7.67. The second-order valence-corrected chi connectivity index (χ2v) is 10.7. The van der Waals surface area contributed by atoms with Gasteiger partial charge in [0.15, 0.2) is 0 Å². The van der Waals surface area contributed by atoms with Crippen molar-refractivity contribution in [1.29, 1.82) is 0 Å². The summed E-state index contributed by atoms with van der Waals surface area (Å²) in [5.41, 5.74) is 5.09. The van der Waals surface area contributed by atoms with Crippen LogP contribution in [0.15, 0.2) is 94.4 Å². The van der Waals surface area contributed by atoms with Gasteiger partial charge in [-0.2, -0.15) is 0 Å². The first-order chi connectivity index (χ1) is 16.7. The van der Waals surface area contributed by atoms with Crippen LogP contribution in [0.5, 0.6) is 0 Å². The van der Waals surface area contributed by atoms with Gasteiger partial charge in [0.1, 0.15) is 5.01 Å². The molecule has 4 aromatic carbocycles. The van der Waals surface area contributed by atoms with Crippen molar-refractivity contribution in [2.45, 2.75) is 32.1 Å². The Labute approximate surface area is 225 Å². The second-order valence-electron chi connectivity index (χ2n) is 8.63.